The fraction of sp³-hybridized carbons (Fsp3) is 0.400. The fourth-order valence-corrected chi connectivity index (χ4v) is 3.57. The van der Waals surface area contributed by atoms with Gasteiger partial charge in [0.1, 0.15) is 5.51 Å². The van der Waals surface area contributed by atoms with Crippen molar-refractivity contribution in [2.75, 3.05) is 42.9 Å². The lowest BCUT2D eigenvalue weighted by Gasteiger charge is -2.36. The number of carbonyl (C=O) groups is 1. The molecule has 1 aliphatic rings. The number of anilines is 2. The van der Waals surface area contributed by atoms with E-state index in [9.17, 15) is 14.9 Å². The van der Waals surface area contributed by atoms with Crippen molar-refractivity contribution in [1.29, 1.82) is 0 Å². The molecule has 0 aliphatic carbocycles. The van der Waals surface area contributed by atoms with Crippen molar-refractivity contribution < 1.29 is 9.72 Å². The Morgan fingerprint density at radius 2 is 2.12 bits per heavy atom. The molecule has 0 radical (unpaired) electrons. The number of benzene rings is 1. The number of halogens is 1. The maximum Gasteiger partial charge on any atom is 0.273 e. The molecule has 2 aromatic rings. The molecule has 1 aliphatic heterocycles. The van der Waals surface area contributed by atoms with E-state index >= 15 is 0 Å². The van der Waals surface area contributed by atoms with Crippen LogP contribution < -0.4 is 10.2 Å². The summed E-state index contributed by atoms with van der Waals surface area (Å²) in [6, 6.07) is 3.15. The van der Waals surface area contributed by atoms with Crippen LogP contribution in [-0.2, 0) is 4.79 Å². The largest absolute Gasteiger partial charge is 0.368 e. The van der Waals surface area contributed by atoms with Gasteiger partial charge in [0.05, 0.1) is 22.2 Å². The van der Waals surface area contributed by atoms with Gasteiger partial charge in [-0.3, -0.25) is 25.1 Å². The zero-order valence-electron chi connectivity index (χ0n) is 14.0. The summed E-state index contributed by atoms with van der Waals surface area (Å²) in [4.78, 5) is 26.7. The van der Waals surface area contributed by atoms with Gasteiger partial charge in [-0.15, -0.1) is 10.2 Å². The Balaban J connectivity index is 1.57. The van der Waals surface area contributed by atoms with Crippen LogP contribution in [0.25, 0.3) is 0 Å². The Bertz CT molecular complexity index is 808. The molecule has 1 aromatic carbocycles. The van der Waals surface area contributed by atoms with Gasteiger partial charge in [0, 0.05) is 37.8 Å². The number of carbonyl (C=O) groups excluding carboxylic acids is 1. The standard InChI is InChI=1S/C15H17ClN6O3S/c1-10-6-13(11(16)7-12(10)22(24)25)21-4-2-20(3-5-21)8-14(23)18-15-19-17-9-26-15/h6-7,9H,2-5,8H2,1H3,(H,18,19,23). The number of aromatic nitrogens is 2. The van der Waals surface area contributed by atoms with Crippen molar-refractivity contribution in [3.63, 3.8) is 0 Å². The molecule has 0 atom stereocenters. The third kappa shape index (κ3) is 4.26. The zero-order valence-corrected chi connectivity index (χ0v) is 15.6. The average molecular weight is 397 g/mol. The smallest absolute Gasteiger partial charge is 0.273 e. The van der Waals surface area contributed by atoms with Crippen LogP contribution in [0.3, 0.4) is 0 Å². The highest BCUT2D eigenvalue weighted by Crippen LogP contribution is 2.33. The number of piperazine rings is 1. The first-order valence-corrected chi connectivity index (χ1v) is 9.17. The number of hydrogen-bond acceptors (Lipinski definition) is 8. The van der Waals surface area contributed by atoms with Gasteiger partial charge in [-0.1, -0.05) is 22.9 Å². The van der Waals surface area contributed by atoms with Crippen LogP contribution in [-0.4, -0.2) is 58.7 Å². The minimum Gasteiger partial charge on any atom is -0.368 e. The van der Waals surface area contributed by atoms with Gasteiger partial charge >= 0.3 is 0 Å². The number of nitrogens with zero attached hydrogens (tertiary/aromatic N) is 5. The SMILES string of the molecule is Cc1cc(N2CCN(CC(=O)Nc3nncs3)CC2)c(Cl)cc1[N+](=O)[O-]. The molecule has 26 heavy (non-hydrogen) atoms. The second-order valence-corrected chi connectivity index (χ2v) is 7.14. The summed E-state index contributed by atoms with van der Waals surface area (Å²) in [5.74, 6) is -0.126. The predicted molar refractivity (Wildman–Crippen MR) is 100 cm³/mol. The first-order valence-electron chi connectivity index (χ1n) is 7.92. The summed E-state index contributed by atoms with van der Waals surface area (Å²) in [6.45, 7) is 4.73. The Labute approximate surface area is 158 Å². The molecule has 3 rings (SSSR count). The van der Waals surface area contributed by atoms with Crippen LogP contribution in [0.5, 0.6) is 0 Å². The maximum absolute atomic E-state index is 12.0. The normalized spacial score (nSPS) is 15.1. The molecule has 0 bridgehead atoms. The van der Waals surface area contributed by atoms with E-state index in [2.05, 4.69) is 20.4 Å². The van der Waals surface area contributed by atoms with Gasteiger partial charge in [0.25, 0.3) is 5.69 Å². The van der Waals surface area contributed by atoms with E-state index in [1.165, 1.54) is 17.4 Å². The molecule has 9 nitrogen and oxygen atoms in total. The molecule has 1 amide bonds. The molecule has 11 heteroatoms. The molecule has 1 aromatic heterocycles. The van der Waals surface area contributed by atoms with Crippen LogP contribution in [0.2, 0.25) is 5.02 Å². The molecule has 0 spiro atoms. The Morgan fingerprint density at radius 1 is 1.38 bits per heavy atom. The summed E-state index contributed by atoms with van der Waals surface area (Å²) in [5, 5.41) is 22.0. The predicted octanol–water partition coefficient (Wildman–Crippen LogP) is 2.17. The van der Waals surface area contributed by atoms with Crippen LogP contribution in [0, 0.1) is 17.0 Å². The van der Waals surface area contributed by atoms with Crippen LogP contribution in [0.15, 0.2) is 17.6 Å². The van der Waals surface area contributed by atoms with Crippen molar-refractivity contribution >= 4 is 45.4 Å². The molecule has 2 heterocycles. The van der Waals surface area contributed by atoms with Gasteiger partial charge in [0.15, 0.2) is 0 Å². The Morgan fingerprint density at radius 3 is 2.73 bits per heavy atom. The highest BCUT2D eigenvalue weighted by Gasteiger charge is 2.23. The lowest BCUT2D eigenvalue weighted by atomic mass is 10.1. The summed E-state index contributed by atoms with van der Waals surface area (Å²) in [7, 11) is 0. The minimum atomic E-state index is -0.431. The van der Waals surface area contributed by atoms with Gasteiger partial charge in [0.2, 0.25) is 11.0 Å². The lowest BCUT2D eigenvalue weighted by Crippen LogP contribution is -2.48. The zero-order chi connectivity index (χ0) is 18.7. The molecule has 1 N–H and O–H groups in total. The third-order valence-corrected chi connectivity index (χ3v) is 5.06. The van der Waals surface area contributed by atoms with E-state index in [1.54, 1.807) is 18.5 Å². The first-order chi connectivity index (χ1) is 12.4. The number of rotatable bonds is 5. The highest BCUT2D eigenvalue weighted by molar-refractivity contribution is 7.13. The van der Waals surface area contributed by atoms with Crippen LogP contribution in [0.4, 0.5) is 16.5 Å². The number of nitro groups is 1. The van der Waals surface area contributed by atoms with E-state index in [0.717, 1.165) is 5.69 Å². The van der Waals surface area contributed by atoms with Crippen molar-refractivity contribution in [1.82, 2.24) is 15.1 Å². The van der Waals surface area contributed by atoms with Crippen molar-refractivity contribution in [2.45, 2.75) is 6.92 Å². The molecule has 0 unspecified atom stereocenters. The molecule has 1 saturated heterocycles. The summed E-state index contributed by atoms with van der Waals surface area (Å²) in [5.41, 5.74) is 2.94. The summed E-state index contributed by atoms with van der Waals surface area (Å²) < 4.78 is 0. The second kappa shape index (κ2) is 7.94. The van der Waals surface area contributed by atoms with E-state index in [1.807, 2.05) is 4.90 Å². The minimum absolute atomic E-state index is 0.0192. The molecular formula is C15H17ClN6O3S. The van der Waals surface area contributed by atoms with E-state index in [0.29, 0.717) is 41.9 Å². The molecule has 0 saturated carbocycles. The Hall–Kier alpha value is -2.30. The van der Waals surface area contributed by atoms with Gasteiger partial charge in [-0.25, -0.2) is 0 Å². The van der Waals surface area contributed by atoms with Crippen molar-refractivity contribution in [2.24, 2.45) is 0 Å². The molecular weight excluding hydrogens is 380 g/mol. The van der Waals surface area contributed by atoms with Gasteiger partial charge < -0.3 is 4.90 Å². The number of nitro benzene ring substituents is 1. The maximum atomic E-state index is 12.0. The topological polar surface area (TPSA) is 104 Å². The summed E-state index contributed by atoms with van der Waals surface area (Å²) in [6.07, 6.45) is 0. The summed E-state index contributed by atoms with van der Waals surface area (Å²) >= 11 is 7.52. The first kappa shape index (κ1) is 18.5. The number of aryl methyl sites for hydroxylation is 1. The molecule has 138 valence electrons. The second-order valence-electron chi connectivity index (χ2n) is 5.90. The van der Waals surface area contributed by atoms with Crippen LogP contribution >= 0.6 is 22.9 Å². The monoisotopic (exact) mass is 396 g/mol. The van der Waals surface area contributed by atoms with Crippen LogP contribution in [0.1, 0.15) is 5.56 Å². The Kier molecular flexibility index (Phi) is 5.64. The fourth-order valence-electron chi connectivity index (χ4n) is 2.83. The third-order valence-electron chi connectivity index (χ3n) is 4.15. The highest BCUT2D eigenvalue weighted by atomic mass is 35.5. The average Bonchev–Trinajstić information content (AvgIpc) is 3.10. The quantitative estimate of drug-likeness (QED) is 0.609. The van der Waals surface area contributed by atoms with Gasteiger partial charge in [-0.2, -0.15) is 0 Å². The lowest BCUT2D eigenvalue weighted by molar-refractivity contribution is -0.385. The number of amides is 1. The van der Waals surface area contributed by atoms with E-state index < -0.39 is 4.92 Å². The van der Waals surface area contributed by atoms with Crippen molar-refractivity contribution in [3.05, 3.63) is 38.3 Å². The number of nitrogens with one attached hydrogen (secondary N) is 1. The molecule has 1 fully saturated rings. The van der Waals surface area contributed by atoms with Gasteiger partial charge in [-0.05, 0) is 13.0 Å². The van der Waals surface area contributed by atoms with E-state index in [-0.39, 0.29) is 18.1 Å². The van der Waals surface area contributed by atoms with Crippen molar-refractivity contribution in [3.8, 4) is 0 Å². The van der Waals surface area contributed by atoms with E-state index in [4.69, 9.17) is 11.6 Å². The number of hydrogen-bond donors (Lipinski definition) is 1.